The minimum atomic E-state index is -1.54. The Morgan fingerprint density at radius 3 is 1.97 bits per heavy atom. The van der Waals surface area contributed by atoms with Crippen molar-refractivity contribution >= 4 is 35.8 Å². The van der Waals surface area contributed by atoms with Crippen molar-refractivity contribution in [1.82, 2.24) is 16.0 Å². The maximum Gasteiger partial charge on any atom is 0.408 e. The van der Waals surface area contributed by atoms with Gasteiger partial charge in [-0.25, -0.2) is 9.59 Å². The quantitative estimate of drug-likeness (QED) is 0.121. The number of carboxylic acids is 3. The van der Waals surface area contributed by atoms with E-state index in [-0.39, 0.29) is 25.7 Å². The van der Waals surface area contributed by atoms with Gasteiger partial charge in [0.1, 0.15) is 24.2 Å². The van der Waals surface area contributed by atoms with Crippen LogP contribution in [0, 0.1) is 0 Å². The number of carbonyl (C=O) groups is 6. The fraction of sp³-hybridized carbons (Fsp3) is 0.727. The molecular formula is C22H38N4O10. The topological polar surface area (TPSA) is 234 Å². The first-order valence-electron chi connectivity index (χ1n) is 11.8. The van der Waals surface area contributed by atoms with E-state index in [4.69, 9.17) is 20.7 Å². The number of hydrogen-bond donors (Lipinski definition) is 7. The van der Waals surface area contributed by atoms with Crippen LogP contribution < -0.4 is 21.7 Å². The number of nitrogens with two attached hydrogens (primary N) is 1. The summed E-state index contributed by atoms with van der Waals surface area (Å²) in [5, 5.41) is 34.0. The lowest BCUT2D eigenvalue weighted by Crippen LogP contribution is -2.53. The van der Waals surface area contributed by atoms with Gasteiger partial charge in [0.2, 0.25) is 11.8 Å². The van der Waals surface area contributed by atoms with Crippen molar-refractivity contribution in [3.8, 4) is 0 Å². The molecule has 0 bridgehead atoms. The minimum absolute atomic E-state index is 0.0217. The van der Waals surface area contributed by atoms with Crippen LogP contribution in [-0.4, -0.2) is 81.4 Å². The van der Waals surface area contributed by atoms with Gasteiger partial charge in [0.15, 0.2) is 6.04 Å². The van der Waals surface area contributed by atoms with Crippen LogP contribution in [0.3, 0.4) is 0 Å². The van der Waals surface area contributed by atoms with Crippen LogP contribution in [-0.2, 0) is 28.7 Å². The Bertz CT molecular complexity index is 776. The van der Waals surface area contributed by atoms with Crippen molar-refractivity contribution in [2.24, 2.45) is 5.73 Å². The maximum atomic E-state index is 12.5. The van der Waals surface area contributed by atoms with Gasteiger partial charge in [-0.1, -0.05) is 26.2 Å². The normalized spacial score (nSPS) is 14.9. The molecule has 0 saturated heterocycles. The molecule has 0 aliphatic rings. The fourth-order valence-corrected chi connectivity index (χ4v) is 3.06. The molecule has 5 atom stereocenters. The van der Waals surface area contributed by atoms with E-state index in [1.807, 2.05) is 6.92 Å². The molecule has 0 radical (unpaired) electrons. The largest absolute Gasteiger partial charge is 0.480 e. The van der Waals surface area contributed by atoms with Gasteiger partial charge in [-0.2, -0.15) is 0 Å². The van der Waals surface area contributed by atoms with Crippen molar-refractivity contribution in [1.29, 1.82) is 0 Å². The SMILES string of the molecule is CCCCCCC(=O)N[C@@H](C(=O)O)[C@@H](C)OC(=O)N[C@@H](CCC[C@H](N)C(=O)O)C(=O)N[C@H](C)C(=O)O. The fourth-order valence-electron chi connectivity index (χ4n) is 3.06. The summed E-state index contributed by atoms with van der Waals surface area (Å²) in [5.74, 6) is -5.37. The Morgan fingerprint density at radius 2 is 1.44 bits per heavy atom. The molecule has 0 rings (SSSR count). The third-order valence-corrected chi connectivity index (χ3v) is 5.27. The number of carboxylic acid groups (broad SMARTS) is 3. The van der Waals surface area contributed by atoms with Gasteiger partial charge in [0, 0.05) is 6.42 Å². The van der Waals surface area contributed by atoms with E-state index in [1.165, 1.54) is 13.8 Å². The van der Waals surface area contributed by atoms with Crippen molar-refractivity contribution in [3.63, 3.8) is 0 Å². The average molecular weight is 519 g/mol. The number of ether oxygens (including phenoxy) is 1. The molecule has 14 nitrogen and oxygen atoms in total. The van der Waals surface area contributed by atoms with Crippen LogP contribution in [0.15, 0.2) is 0 Å². The van der Waals surface area contributed by atoms with Gasteiger partial charge in [-0.15, -0.1) is 0 Å². The van der Waals surface area contributed by atoms with Crippen molar-refractivity contribution in [3.05, 3.63) is 0 Å². The lowest BCUT2D eigenvalue weighted by Gasteiger charge is -2.24. The third kappa shape index (κ3) is 13.5. The van der Waals surface area contributed by atoms with E-state index in [9.17, 15) is 33.9 Å². The molecular weight excluding hydrogens is 480 g/mol. The van der Waals surface area contributed by atoms with Gasteiger partial charge in [-0.05, 0) is 39.5 Å². The number of unbranched alkanes of at least 4 members (excludes halogenated alkanes) is 3. The Hall–Kier alpha value is -3.42. The molecule has 206 valence electrons. The van der Waals surface area contributed by atoms with Crippen LogP contribution in [0.4, 0.5) is 4.79 Å². The molecule has 0 saturated carbocycles. The molecule has 14 heteroatoms. The Labute approximate surface area is 209 Å². The molecule has 0 aromatic rings. The number of nitrogens with one attached hydrogen (secondary N) is 3. The summed E-state index contributed by atoms with van der Waals surface area (Å²) in [6.07, 6.45) is 0.903. The van der Waals surface area contributed by atoms with Crippen molar-refractivity contribution in [2.75, 3.05) is 0 Å². The van der Waals surface area contributed by atoms with Gasteiger partial charge < -0.3 is 41.7 Å². The summed E-state index contributed by atoms with van der Waals surface area (Å²) in [7, 11) is 0. The molecule has 0 aliphatic carbocycles. The summed E-state index contributed by atoms with van der Waals surface area (Å²) in [6.45, 7) is 4.47. The summed E-state index contributed by atoms with van der Waals surface area (Å²) >= 11 is 0. The lowest BCUT2D eigenvalue weighted by atomic mass is 10.0. The smallest absolute Gasteiger partial charge is 0.408 e. The standard InChI is InChI=1S/C22H38N4O10/c1-4-5-6-7-11-16(27)26-17(21(33)34)13(3)36-22(35)25-15(10-8-9-14(23)20(31)32)18(28)24-12(2)19(29)30/h12-15,17H,4-11,23H2,1-3H3,(H,24,28)(H,25,35)(H,26,27)(H,29,30)(H,31,32)(H,33,34)/t12-,13-,14+,15+,17-/m1/s1. The van der Waals surface area contributed by atoms with E-state index in [0.29, 0.717) is 6.42 Å². The first-order valence-corrected chi connectivity index (χ1v) is 11.8. The number of amides is 3. The molecule has 36 heavy (non-hydrogen) atoms. The van der Waals surface area contributed by atoms with Gasteiger partial charge in [0.25, 0.3) is 0 Å². The van der Waals surface area contributed by atoms with Gasteiger partial charge >= 0.3 is 24.0 Å². The zero-order valence-electron chi connectivity index (χ0n) is 20.8. The predicted molar refractivity (Wildman–Crippen MR) is 126 cm³/mol. The van der Waals surface area contributed by atoms with Crippen LogP contribution in [0.5, 0.6) is 0 Å². The van der Waals surface area contributed by atoms with Crippen molar-refractivity contribution in [2.45, 2.75) is 102 Å². The predicted octanol–water partition coefficient (Wildman–Crippen LogP) is 0.181. The maximum absolute atomic E-state index is 12.5. The minimum Gasteiger partial charge on any atom is -0.480 e. The number of hydrogen-bond acceptors (Lipinski definition) is 8. The first kappa shape index (κ1) is 32.6. The van der Waals surface area contributed by atoms with E-state index >= 15 is 0 Å². The van der Waals surface area contributed by atoms with Crippen molar-refractivity contribution < 1.29 is 48.8 Å². The molecule has 0 unspecified atom stereocenters. The highest BCUT2D eigenvalue weighted by molar-refractivity contribution is 5.89. The highest BCUT2D eigenvalue weighted by Crippen LogP contribution is 2.08. The molecule has 0 fully saturated rings. The molecule has 0 heterocycles. The molecule has 3 amide bonds. The number of alkyl carbamates (subject to hydrolysis) is 1. The summed E-state index contributed by atoms with van der Waals surface area (Å²) < 4.78 is 5.06. The Balaban J connectivity index is 5.14. The number of aliphatic carboxylic acids is 3. The first-order chi connectivity index (χ1) is 16.8. The monoisotopic (exact) mass is 518 g/mol. The van der Waals surface area contributed by atoms with Crippen LogP contribution >= 0.6 is 0 Å². The van der Waals surface area contributed by atoms with E-state index in [0.717, 1.165) is 19.3 Å². The lowest BCUT2D eigenvalue weighted by molar-refractivity contribution is -0.145. The zero-order chi connectivity index (χ0) is 27.8. The highest BCUT2D eigenvalue weighted by atomic mass is 16.6. The van der Waals surface area contributed by atoms with Gasteiger partial charge in [0.05, 0.1) is 0 Å². The second-order valence-electron chi connectivity index (χ2n) is 8.45. The Morgan fingerprint density at radius 1 is 0.806 bits per heavy atom. The second-order valence-corrected chi connectivity index (χ2v) is 8.45. The zero-order valence-corrected chi connectivity index (χ0v) is 20.8. The molecule has 8 N–H and O–H groups in total. The van der Waals surface area contributed by atoms with E-state index in [2.05, 4.69) is 16.0 Å². The highest BCUT2D eigenvalue weighted by Gasteiger charge is 2.31. The Kier molecular flexibility index (Phi) is 15.5. The van der Waals surface area contributed by atoms with Gasteiger partial charge in [-0.3, -0.25) is 19.2 Å². The molecule has 0 aromatic heterocycles. The van der Waals surface area contributed by atoms with Crippen LogP contribution in [0.25, 0.3) is 0 Å². The average Bonchev–Trinajstić information content (AvgIpc) is 2.78. The van der Waals surface area contributed by atoms with E-state index in [1.54, 1.807) is 0 Å². The van der Waals surface area contributed by atoms with E-state index < -0.39 is 66.1 Å². The second kappa shape index (κ2) is 17.1. The van der Waals surface area contributed by atoms with Crippen LogP contribution in [0.2, 0.25) is 0 Å². The number of carbonyl (C=O) groups excluding carboxylic acids is 3. The molecule has 0 aliphatic heterocycles. The molecule has 0 spiro atoms. The summed E-state index contributed by atoms with van der Waals surface area (Å²) in [6, 6.07) is -5.33. The molecule has 0 aromatic carbocycles. The van der Waals surface area contributed by atoms with Crippen LogP contribution in [0.1, 0.15) is 72.1 Å². The summed E-state index contributed by atoms with van der Waals surface area (Å²) in [4.78, 5) is 70.5. The summed E-state index contributed by atoms with van der Waals surface area (Å²) in [5.41, 5.74) is 5.43. The number of rotatable bonds is 18. The third-order valence-electron chi connectivity index (χ3n) is 5.27.